The lowest BCUT2D eigenvalue weighted by atomic mass is 9.98. The van der Waals surface area contributed by atoms with Gasteiger partial charge in [0.15, 0.2) is 0 Å². The van der Waals surface area contributed by atoms with E-state index in [4.69, 9.17) is 9.47 Å². The van der Waals surface area contributed by atoms with Gasteiger partial charge in [-0.2, -0.15) is 0 Å². The number of nitrogens with zero attached hydrogens (tertiary/aromatic N) is 1. The summed E-state index contributed by atoms with van der Waals surface area (Å²) in [5.41, 5.74) is 4.97. The molecule has 1 heterocycles. The summed E-state index contributed by atoms with van der Waals surface area (Å²) in [5.74, 6) is 0.563. The van der Waals surface area contributed by atoms with Crippen molar-refractivity contribution in [3.8, 4) is 11.1 Å². The Morgan fingerprint density at radius 2 is 1.70 bits per heavy atom. The van der Waals surface area contributed by atoms with Gasteiger partial charge in [0, 0.05) is 19.6 Å². The molecule has 1 aliphatic heterocycles. The number of benzene rings is 2. The van der Waals surface area contributed by atoms with Gasteiger partial charge in [0.05, 0.1) is 12.1 Å². The highest BCUT2D eigenvalue weighted by Crippen LogP contribution is 2.44. The smallest absolute Gasteiger partial charge is 0.410 e. The molecule has 0 N–H and O–H groups in total. The maximum Gasteiger partial charge on any atom is 0.410 e. The molecule has 1 saturated heterocycles. The van der Waals surface area contributed by atoms with Crippen molar-refractivity contribution in [2.24, 2.45) is 5.92 Å². The zero-order valence-corrected chi connectivity index (χ0v) is 16.2. The summed E-state index contributed by atoms with van der Waals surface area (Å²) in [4.78, 5) is 14.7. The summed E-state index contributed by atoms with van der Waals surface area (Å²) in [6, 6.07) is 16.9. The third-order valence-corrected chi connectivity index (χ3v) is 6.04. The van der Waals surface area contributed by atoms with Gasteiger partial charge in [-0.25, -0.2) is 4.79 Å². The number of likely N-dealkylation sites (tertiary alicyclic amines) is 1. The zero-order chi connectivity index (χ0) is 19.0. The first-order chi connectivity index (χ1) is 13.1. The molecule has 1 amide bonds. The van der Waals surface area contributed by atoms with Crippen LogP contribution in [0.5, 0.6) is 0 Å². The minimum atomic E-state index is -0.227. The van der Waals surface area contributed by atoms with Crippen LogP contribution in [0.15, 0.2) is 48.5 Å². The van der Waals surface area contributed by atoms with E-state index in [1.54, 1.807) is 7.11 Å². The predicted octanol–water partition coefficient (Wildman–Crippen LogP) is 4.68. The third kappa shape index (κ3) is 3.23. The fraction of sp³-hybridized carbons (Fsp3) is 0.435. The van der Waals surface area contributed by atoms with E-state index in [-0.39, 0.29) is 24.2 Å². The first kappa shape index (κ1) is 18.1. The molecule has 2 aliphatic rings. The molecule has 0 saturated carbocycles. The van der Waals surface area contributed by atoms with Crippen molar-refractivity contribution in [2.45, 2.75) is 38.3 Å². The molecule has 4 rings (SSSR count). The lowest BCUT2D eigenvalue weighted by molar-refractivity contribution is 0.0331. The Balaban J connectivity index is 1.51. The van der Waals surface area contributed by atoms with Crippen molar-refractivity contribution in [1.29, 1.82) is 0 Å². The second-order valence-corrected chi connectivity index (χ2v) is 7.81. The molecule has 2 aromatic rings. The molecule has 0 bridgehead atoms. The molecule has 0 aromatic heterocycles. The Morgan fingerprint density at radius 3 is 2.30 bits per heavy atom. The first-order valence-electron chi connectivity index (χ1n) is 9.74. The van der Waals surface area contributed by atoms with E-state index in [2.05, 4.69) is 55.5 Å². The SMILES string of the molecule is COC(C)C1CC(C)CN1C(=O)OCC1c2ccccc2-c2ccccc21. The van der Waals surface area contributed by atoms with Gasteiger partial charge in [-0.3, -0.25) is 0 Å². The largest absolute Gasteiger partial charge is 0.448 e. The standard InChI is InChI=1S/C23H27NO3/c1-15-12-22(16(2)26-3)24(13-15)23(25)27-14-21-19-10-6-4-8-17(19)18-9-5-7-11-20(18)21/h4-11,15-16,21-22H,12-14H2,1-3H3. The Kier molecular flexibility index (Phi) is 4.92. The maximum absolute atomic E-state index is 12.9. The Hall–Kier alpha value is -2.33. The average molecular weight is 365 g/mol. The van der Waals surface area contributed by atoms with Crippen LogP contribution in [0.25, 0.3) is 11.1 Å². The van der Waals surface area contributed by atoms with E-state index in [0.29, 0.717) is 12.5 Å². The van der Waals surface area contributed by atoms with Gasteiger partial charge in [-0.15, -0.1) is 0 Å². The number of rotatable bonds is 4. The van der Waals surface area contributed by atoms with Crippen LogP contribution in [0.2, 0.25) is 0 Å². The maximum atomic E-state index is 12.9. The Morgan fingerprint density at radius 1 is 1.11 bits per heavy atom. The van der Waals surface area contributed by atoms with Crippen molar-refractivity contribution in [2.75, 3.05) is 20.3 Å². The molecular formula is C23H27NO3. The lowest BCUT2D eigenvalue weighted by Crippen LogP contribution is -2.43. The van der Waals surface area contributed by atoms with Crippen LogP contribution < -0.4 is 0 Å². The Bertz CT molecular complexity index is 788. The van der Waals surface area contributed by atoms with Crippen LogP contribution in [0, 0.1) is 5.92 Å². The topological polar surface area (TPSA) is 38.8 Å². The fourth-order valence-electron chi connectivity index (χ4n) is 4.57. The minimum absolute atomic E-state index is 0.00966. The van der Waals surface area contributed by atoms with Crippen molar-refractivity contribution < 1.29 is 14.3 Å². The highest BCUT2D eigenvalue weighted by atomic mass is 16.6. The number of fused-ring (bicyclic) bond motifs is 3. The molecule has 142 valence electrons. The number of hydrogen-bond acceptors (Lipinski definition) is 3. The molecule has 3 atom stereocenters. The van der Waals surface area contributed by atoms with Gasteiger partial charge in [0.1, 0.15) is 6.61 Å². The van der Waals surface area contributed by atoms with Gasteiger partial charge in [0.25, 0.3) is 0 Å². The second kappa shape index (κ2) is 7.35. The van der Waals surface area contributed by atoms with Crippen LogP contribution in [0.3, 0.4) is 0 Å². The minimum Gasteiger partial charge on any atom is -0.448 e. The van der Waals surface area contributed by atoms with Crippen molar-refractivity contribution in [1.82, 2.24) is 4.90 Å². The summed E-state index contributed by atoms with van der Waals surface area (Å²) in [5, 5.41) is 0. The average Bonchev–Trinajstić information content (AvgIpc) is 3.24. The number of carbonyl (C=O) groups excluding carboxylic acids is 1. The van der Waals surface area contributed by atoms with E-state index in [9.17, 15) is 4.79 Å². The van der Waals surface area contributed by atoms with Crippen LogP contribution in [0.4, 0.5) is 4.79 Å². The molecule has 4 nitrogen and oxygen atoms in total. The van der Waals surface area contributed by atoms with Crippen LogP contribution >= 0.6 is 0 Å². The van der Waals surface area contributed by atoms with Crippen LogP contribution in [-0.4, -0.2) is 43.4 Å². The summed E-state index contributed by atoms with van der Waals surface area (Å²) < 4.78 is 11.3. The lowest BCUT2D eigenvalue weighted by Gasteiger charge is -2.28. The van der Waals surface area contributed by atoms with Gasteiger partial charge < -0.3 is 14.4 Å². The fourth-order valence-corrected chi connectivity index (χ4v) is 4.57. The number of hydrogen-bond donors (Lipinski definition) is 0. The number of methoxy groups -OCH3 is 1. The molecule has 0 radical (unpaired) electrons. The summed E-state index contributed by atoms with van der Waals surface area (Å²) in [7, 11) is 1.70. The highest BCUT2D eigenvalue weighted by molar-refractivity contribution is 5.79. The molecule has 0 spiro atoms. The van der Waals surface area contributed by atoms with Crippen LogP contribution in [-0.2, 0) is 9.47 Å². The summed E-state index contributed by atoms with van der Waals surface area (Å²) in [6.45, 7) is 5.29. The second-order valence-electron chi connectivity index (χ2n) is 7.81. The van der Waals surface area contributed by atoms with Gasteiger partial charge in [-0.05, 0) is 41.5 Å². The van der Waals surface area contributed by atoms with Crippen molar-refractivity contribution in [3.63, 3.8) is 0 Å². The van der Waals surface area contributed by atoms with E-state index < -0.39 is 0 Å². The summed E-state index contributed by atoms with van der Waals surface area (Å²) in [6.07, 6.45) is 0.740. The molecule has 4 heteroatoms. The van der Waals surface area contributed by atoms with E-state index in [1.807, 2.05) is 11.8 Å². The molecule has 1 fully saturated rings. The van der Waals surface area contributed by atoms with Crippen molar-refractivity contribution >= 4 is 6.09 Å². The van der Waals surface area contributed by atoms with Gasteiger partial charge in [0.2, 0.25) is 0 Å². The highest BCUT2D eigenvalue weighted by Gasteiger charge is 2.38. The quantitative estimate of drug-likeness (QED) is 0.790. The van der Waals surface area contributed by atoms with Crippen molar-refractivity contribution in [3.05, 3.63) is 59.7 Å². The first-order valence-corrected chi connectivity index (χ1v) is 9.74. The molecule has 2 aromatic carbocycles. The van der Waals surface area contributed by atoms with E-state index >= 15 is 0 Å². The Labute approximate surface area is 161 Å². The molecule has 1 aliphatic carbocycles. The number of ether oxygens (including phenoxy) is 2. The monoisotopic (exact) mass is 365 g/mol. The third-order valence-electron chi connectivity index (χ3n) is 6.04. The van der Waals surface area contributed by atoms with E-state index in [0.717, 1.165) is 13.0 Å². The zero-order valence-electron chi connectivity index (χ0n) is 16.2. The number of carbonyl (C=O) groups is 1. The molecule has 27 heavy (non-hydrogen) atoms. The van der Waals surface area contributed by atoms with Gasteiger partial charge in [-0.1, -0.05) is 55.5 Å². The summed E-state index contributed by atoms with van der Waals surface area (Å²) >= 11 is 0. The molecular weight excluding hydrogens is 338 g/mol. The van der Waals surface area contributed by atoms with Crippen LogP contribution in [0.1, 0.15) is 37.3 Å². The predicted molar refractivity (Wildman–Crippen MR) is 106 cm³/mol. The van der Waals surface area contributed by atoms with E-state index in [1.165, 1.54) is 22.3 Å². The molecule has 3 unspecified atom stereocenters. The normalized spacial score (nSPS) is 22.4. The van der Waals surface area contributed by atoms with Gasteiger partial charge >= 0.3 is 6.09 Å². The number of amides is 1.